The highest BCUT2D eigenvalue weighted by molar-refractivity contribution is 5.90. The molecule has 2 N–H and O–H groups in total. The van der Waals surface area contributed by atoms with Gasteiger partial charge in [-0.15, -0.1) is 24.8 Å². The van der Waals surface area contributed by atoms with Crippen molar-refractivity contribution in [3.8, 4) is 0 Å². The van der Waals surface area contributed by atoms with Crippen LogP contribution in [0.25, 0.3) is 0 Å². The lowest BCUT2D eigenvalue weighted by Gasteiger charge is -2.65. The van der Waals surface area contributed by atoms with Crippen LogP contribution in [0.15, 0.2) is 0 Å². The number of hydrogen-bond donors (Lipinski definition) is 1. The molecule has 1 saturated carbocycles. The van der Waals surface area contributed by atoms with Crippen molar-refractivity contribution >= 4 is 30.7 Å². The van der Waals surface area contributed by atoms with Crippen molar-refractivity contribution < 1.29 is 9.53 Å². The second-order valence-corrected chi connectivity index (χ2v) is 8.05. The SMILES string of the molecule is CCN(CC)C1CCN(C(=O)C2(N)C3CCCOC3C2(C)C)C1.Cl.Cl. The number of carbonyl (C=O) groups excluding carboxylic acids is 1. The lowest BCUT2D eigenvalue weighted by Crippen LogP contribution is -2.82. The summed E-state index contributed by atoms with van der Waals surface area (Å²) >= 11 is 0. The van der Waals surface area contributed by atoms with Crippen molar-refractivity contribution in [2.45, 2.75) is 64.6 Å². The second kappa shape index (κ2) is 8.30. The van der Waals surface area contributed by atoms with E-state index in [2.05, 4.69) is 32.6 Å². The minimum Gasteiger partial charge on any atom is -0.377 e. The van der Waals surface area contributed by atoms with Crippen LogP contribution >= 0.6 is 24.8 Å². The number of carbonyl (C=O) groups is 1. The largest absolute Gasteiger partial charge is 0.377 e. The molecule has 2 saturated heterocycles. The van der Waals surface area contributed by atoms with Gasteiger partial charge >= 0.3 is 0 Å². The van der Waals surface area contributed by atoms with Gasteiger partial charge in [0, 0.05) is 37.1 Å². The Morgan fingerprint density at radius 2 is 1.88 bits per heavy atom. The third kappa shape index (κ3) is 3.31. The van der Waals surface area contributed by atoms with Gasteiger partial charge in [-0.3, -0.25) is 9.69 Å². The fraction of sp³-hybridized carbons (Fsp3) is 0.944. The molecule has 3 fully saturated rings. The van der Waals surface area contributed by atoms with E-state index in [1.165, 1.54) is 0 Å². The van der Waals surface area contributed by atoms with Gasteiger partial charge in [-0.2, -0.15) is 0 Å². The molecule has 0 aromatic heterocycles. The van der Waals surface area contributed by atoms with E-state index in [1.54, 1.807) is 0 Å². The first-order valence-corrected chi connectivity index (χ1v) is 9.31. The minimum atomic E-state index is -0.754. The van der Waals surface area contributed by atoms with Crippen LogP contribution in [0.5, 0.6) is 0 Å². The zero-order valence-electron chi connectivity index (χ0n) is 16.0. The van der Waals surface area contributed by atoms with Gasteiger partial charge in [0.05, 0.1) is 6.10 Å². The van der Waals surface area contributed by atoms with E-state index >= 15 is 0 Å². The minimum absolute atomic E-state index is 0. The zero-order valence-corrected chi connectivity index (χ0v) is 17.6. The maximum Gasteiger partial charge on any atom is 0.243 e. The normalized spacial score (nSPS) is 36.1. The summed E-state index contributed by atoms with van der Waals surface area (Å²) in [7, 11) is 0. The fourth-order valence-electron chi connectivity index (χ4n) is 5.24. The van der Waals surface area contributed by atoms with Crippen LogP contribution in [-0.2, 0) is 9.53 Å². The van der Waals surface area contributed by atoms with Crippen molar-refractivity contribution in [3.05, 3.63) is 0 Å². The molecule has 1 aliphatic carbocycles. The Morgan fingerprint density at radius 3 is 2.48 bits per heavy atom. The molecule has 4 atom stereocenters. The molecule has 0 aromatic rings. The highest BCUT2D eigenvalue weighted by Crippen LogP contribution is 2.58. The van der Waals surface area contributed by atoms with Crippen LogP contribution in [-0.4, -0.2) is 66.2 Å². The average Bonchev–Trinajstić information content (AvgIpc) is 3.04. The molecule has 0 radical (unpaired) electrons. The summed E-state index contributed by atoms with van der Waals surface area (Å²) in [6.45, 7) is 13.2. The predicted molar refractivity (Wildman–Crippen MR) is 106 cm³/mol. The van der Waals surface area contributed by atoms with Gasteiger partial charge in [0.15, 0.2) is 0 Å². The lowest BCUT2D eigenvalue weighted by molar-refractivity contribution is -0.229. The molecule has 148 valence electrons. The van der Waals surface area contributed by atoms with E-state index in [9.17, 15) is 4.79 Å². The van der Waals surface area contributed by atoms with Gasteiger partial charge in [-0.1, -0.05) is 27.7 Å². The highest BCUT2D eigenvalue weighted by atomic mass is 35.5. The predicted octanol–water partition coefficient (Wildman–Crippen LogP) is 2.31. The molecule has 3 aliphatic rings. The molecular weight excluding hydrogens is 361 g/mol. The molecule has 2 heterocycles. The van der Waals surface area contributed by atoms with Gasteiger partial charge in [-0.05, 0) is 32.4 Å². The monoisotopic (exact) mass is 395 g/mol. The Bertz CT molecular complexity index is 473. The molecule has 7 heteroatoms. The number of rotatable bonds is 4. The third-order valence-corrected chi connectivity index (χ3v) is 6.82. The van der Waals surface area contributed by atoms with Crippen LogP contribution in [0.2, 0.25) is 0 Å². The summed E-state index contributed by atoms with van der Waals surface area (Å²) in [4.78, 5) is 17.8. The van der Waals surface area contributed by atoms with E-state index in [1.807, 2.05) is 4.90 Å². The quantitative estimate of drug-likeness (QED) is 0.792. The maximum atomic E-state index is 13.3. The van der Waals surface area contributed by atoms with Gasteiger partial charge in [0.2, 0.25) is 5.91 Å². The molecule has 3 rings (SSSR count). The van der Waals surface area contributed by atoms with Crippen molar-refractivity contribution in [2.24, 2.45) is 17.1 Å². The number of likely N-dealkylation sites (tertiary alicyclic amines) is 1. The number of hydrogen-bond acceptors (Lipinski definition) is 4. The topological polar surface area (TPSA) is 58.8 Å². The van der Waals surface area contributed by atoms with Gasteiger partial charge < -0.3 is 15.4 Å². The van der Waals surface area contributed by atoms with Crippen molar-refractivity contribution in [3.63, 3.8) is 0 Å². The number of fused-ring (bicyclic) bond motifs is 1. The Hall–Kier alpha value is -0.0700. The Balaban J connectivity index is 0.00000156. The number of likely N-dealkylation sites (N-methyl/N-ethyl adjacent to an activating group) is 1. The summed E-state index contributed by atoms with van der Waals surface area (Å²) in [6, 6.07) is 0.485. The molecule has 4 unspecified atom stereocenters. The third-order valence-electron chi connectivity index (χ3n) is 6.82. The molecule has 5 nitrogen and oxygen atoms in total. The first-order chi connectivity index (χ1) is 10.9. The van der Waals surface area contributed by atoms with E-state index in [0.29, 0.717) is 6.04 Å². The summed E-state index contributed by atoms with van der Waals surface area (Å²) in [5, 5.41) is 0. The van der Waals surface area contributed by atoms with Crippen LogP contribution in [0, 0.1) is 11.3 Å². The molecule has 0 aromatic carbocycles. The number of nitrogens with zero attached hydrogens (tertiary/aromatic N) is 2. The summed E-state index contributed by atoms with van der Waals surface area (Å²) in [5.41, 5.74) is 5.73. The standard InChI is InChI=1S/C18H33N3O2.2ClH/c1-5-20(6-2)13-9-10-21(12-13)16(22)18(19)14-8-7-11-23-15(14)17(18,3)4;;/h13-15H,5-12,19H2,1-4H3;2*1H. The van der Waals surface area contributed by atoms with Crippen LogP contribution < -0.4 is 5.73 Å². The number of nitrogens with two attached hydrogens (primary N) is 1. The van der Waals surface area contributed by atoms with Crippen LogP contribution in [0.4, 0.5) is 0 Å². The summed E-state index contributed by atoms with van der Waals surface area (Å²) in [6.07, 6.45) is 3.25. The molecule has 2 aliphatic heterocycles. The van der Waals surface area contributed by atoms with E-state index in [4.69, 9.17) is 10.5 Å². The van der Waals surface area contributed by atoms with Crippen LogP contribution in [0.3, 0.4) is 0 Å². The van der Waals surface area contributed by atoms with E-state index in [-0.39, 0.29) is 48.2 Å². The molecule has 25 heavy (non-hydrogen) atoms. The molecular formula is C18H35Cl2N3O2. The Kier molecular flexibility index (Phi) is 7.63. The summed E-state index contributed by atoms with van der Waals surface area (Å²) in [5.74, 6) is 0.343. The lowest BCUT2D eigenvalue weighted by atomic mass is 9.46. The Morgan fingerprint density at radius 1 is 1.24 bits per heavy atom. The summed E-state index contributed by atoms with van der Waals surface area (Å²) < 4.78 is 5.94. The van der Waals surface area contributed by atoms with Crippen molar-refractivity contribution in [1.29, 1.82) is 0 Å². The maximum absolute atomic E-state index is 13.3. The number of amides is 1. The van der Waals surface area contributed by atoms with Gasteiger partial charge in [0.25, 0.3) is 0 Å². The van der Waals surface area contributed by atoms with Crippen molar-refractivity contribution in [1.82, 2.24) is 9.80 Å². The number of ether oxygens (including phenoxy) is 1. The van der Waals surface area contributed by atoms with Gasteiger partial charge in [-0.25, -0.2) is 0 Å². The van der Waals surface area contributed by atoms with Gasteiger partial charge in [0.1, 0.15) is 5.54 Å². The second-order valence-electron chi connectivity index (χ2n) is 8.05. The van der Waals surface area contributed by atoms with Crippen molar-refractivity contribution in [2.75, 3.05) is 32.8 Å². The molecule has 0 spiro atoms. The van der Waals surface area contributed by atoms with E-state index in [0.717, 1.165) is 52.0 Å². The van der Waals surface area contributed by atoms with Crippen LogP contribution in [0.1, 0.15) is 47.0 Å². The average molecular weight is 396 g/mol. The highest BCUT2D eigenvalue weighted by Gasteiger charge is 2.71. The first kappa shape index (κ1) is 23.0. The van der Waals surface area contributed by atoms with E-state index < -0.39 is 5.54 Å². The Labute approximate surface area is 164 Å². The molecule has 1 amide bonds. The smallest absolute Gasteiger partial charge is 0.243 e. The zero-order chi connectivity index (χ0) is 16.8. The molecule has 0 bridgehead atoms. The first-order valence-electron chi connectivity index (χ1n) is 9.31. The number of halogens is 2. The fourth-order valence-corrected chi connectivity index (χ4v) is 5.24.